The molecule has 0 heterocycles. The van der Waals surface area contributed by atoms with Crippen LogP contribution in [0.1, 0.15) is 43.9 Å². The van der Waals surface area contributed by atoms with Crippen LogP contribution < -0.4 is 19.1 Å². The number of nitrogens with zero attached hydrogens (tertiary/aromatic N) is 2. The van der Waals surface area contributed by atoms with E-state index in [2.05, 4.69) is 5.32 Å². The Morgan fingerprint density at radius 3 is 2.14 bits per heavy atom. The maximum atomic E-state index is 14.1. The van der Waals surface area contributed by atoms with Crippen molar-refractivity contribution in [1.29, 1.82) is 0 Å². The number of amides is 2. The van der Waals surface area contributed by atoms with Gasteiger partial charge in [-0.25, -0.2) is 8.42 Å². The molecule has 0 spiro atoms. The highest BCUT2D eigenvalue weighted by atomic mass is 32.2. The number of benzene rings is 3. The van der Waals surface area contributed by atoms with E-state index in [1.54, 1.807) is 31.2 Å². The number of aryl methyl sites for hydroxylation is 2. The maximum absolute atomic E-state index is 14.1. The fraction of sp³-hybridized carbons (Fsp3) is 0.375. The summed E-state index contributed by atoms with van der Waals surface area (Å²) in [4.78, 5) is 28.8. The van der Waals surface area contributed by atoms with Crippen molar-refractivity contribution in [1.82, 2.24) is 10.2 Å². The molecule has 3 rings (SSSR count). The van der Waals surface area contributed by atoms with Crippen molar-refractivity contribution in [2.24, 2.45) is 0 Å². The van der Waals surface area contributed by atoms with Gasteiger partial charge in [-0.1, -0.05) is 54.4 Å². The molecule has 0 bridgehead atoms. The largest absolute Gasteiger partial charge is 0.493 e. The SMILES string of the molecule is CC[C@@H](C)NC(=O)[C@@H](C)N(Cc1cccc(C)c1)C(=O)CN(c1ccc(OC)c(OC)c1)S(=O)(=O)c1ccc(C)cc1. The average Bonchev–Trinajstić information content (AvgIpc) is 2.97. The minimum atomic E-state index is -4.20. The van der Waals surface area contributed by atoms with E-state index in [1.807, 2.05) is 52.0 Å². The minimum Gasteiger partial charge on any atom is -0.493 e. The first kappa shape index (κ1) is 32.5. The van der Waals surface area contributed by atoms with E-state index in [9.17, 15) is 18.0 Å². The lowest BCUT2D eigenvalue weighted by Gasteiger charge is -2.32. The first-order valence-electron chi connectivity index (χ1n) is 13.9. The van der Waals surface area contributed by atoms with Crippen LogP contribution in [0, 0.1) is 13.8 Å². The van der Waals surface area contributed by atoms with Crippen LogP contribution >= 0.6 is 0 Å². The van der Waals surface area contributed by atoms with Crippen LogP contribution in [0.3, 0.4) is 0 Å². The molecule has 2 amide bonds. The summed E-state index contributed by atoms with van der Waals surface area (Å²) in [7, 11) is -1.27. The third kappa shape index (κ3) is 7.82. The first-order chi connectivity index (χ1) is 19.9. The lowest BCUT2D eigenvalue weighted by Crippen LogP contribution is -2.52. The van der Waals surface area contributed by atoms with Crippen molar-refractivity contribution in [3.63, 3.8) is 0 Å². The van der Waals surface area contributed by atoms with Gasteiger partial charge in [-0.2, -0.15) is 0 Å². The van der Waals surface area contributed by atoms with Crippen LogP contribution in [-0.4, -0.2) is 58.0 Å². The van der Waals surface area contributed by atoms with Crippen LogP contribution in [0.15, 0.2) is 71.6 Å². The molecular formula is C32H41N3O6S. The first-order valence-corrected chi connectivity index (χ1v) is 15.3. The molecule has 3 aromatic carbocycles. The van der Waals surface area contributed by atoms with Gasteiger partial charge in [-0.15, -0.1) is 0 Å². The summed E-state index contributed by atoms with van der Waals surface area (Å²) >= 11 is 0. The highest BCUT2D eigenvalue weighted by Gasteiger charge is 2.33. The smallest absolute Gasteiger partial charge is 0.264 e. The van der Waals surface area contributed by atoms with Gasteiger partial charge in [0.1, 0.15) is 12.6 Å². The molecule has 9 nitrogen and oxygen atoms in total. The van der Waals surface area contributed by atoms with Gasteiger partial charge in [0, 0.05) is 18.7 Å². The fourth-order valence-electron chi connectivity index (χ4n) is 4.40. The summed E-state index contributed by atoms with van der Waals surface area (Å²) in [6, 6.07) is 17.8. The van der Waals surface area contributed by atoms with Crippen molar-refractivity contribution in [3.05, 3.63) is 83.4 Å². The quantitative estimate of drug-likeness (QED) is 0.303. The molecule has 1 N–H and O–H groups in total. The topological polar surface area (TPSA) is 105 Å². The zero-order valence-electron chi connectivity index (χ0n) is 25.4. The zero-order chi connectivity index (χ0) is 31.0. The molecule has 0 fully saturated rings. The molecule has 0 aliphatic rings. The Balaban J connectivity index is 2.09. The number of methoxy groups -OCH3 is 2. The number of carbonyl (C=O) groups is 2. The lowest BCUT2D eigenvalue weighted by atomic mass is 10.1. The average molecular weight is 596 g/mol. The Kier molecular flexibility index (Phi) is 11.0. The normalized spacial score (nSPS) is 12.6. The predicted octanol–water partition coefficient (Wildman–Crippen LogP) is 4.85. The second kappa shape index (κ2) is 14.2. The summed E-state index contributed by atoms with van der Waals surface area (Å²) in [5.74, 6) is -0.126. The number of nitrogens with one attached hydrogen (secondary N) is 1. The molecule has 0 aromatic heterocycles. The zero-order valence-corrected chi connectivity index (χ0v) is 26.2. The molecule has 0 aliphatic heterocycles. The molecule has 226 valence electrons. The second-order valence-corrected chi connectivity index (χ2v) is 12.2. The van der Waals surface area contributed by atoms with E-state index >= 15 is 0 Å². The van der Waals surface area contributed by atoms with Crippen molar-refractivity contribution in [3.8, 4) is 11.5 Å². The standard InChI is InChI=1S/C32H41N3O6S/c1-8-24(4)33-32(37)25(5)34(20-26-11-9-10-23(3)18-26)31(36)21-35(27-14-17-29(40-6)30(19-27)41-7)42(38,39)28-15-12-22(2)13-16-28/h9-19,24-25H,8,20-21H2,1-7H3,(H,33,37)/t24-,25-/m1/s1. The number of rotatable bonds is 13. The molecule has 0 saturated carbocycles. The van der Waals surface area contributed by atoms with Crippen LogP contribution in [0.5, 0.6) is 11.5 Å². The molecule has 0 aliphatic carbocycles. The Labute approximate surface area is 249 Å². The van der Waals surface area contributed by atoms with Crippen molar-refractivity contribution in [2.45, 2.75) is 64.6 Å². The Morgan fingerprint density at radius 2 is 1.55 bits per heavy atom. The molecule has 42 heavy (non-hydrogen) atoms. The fourth-order valence-corrected chi connectivity index (χ4v) is 5.81. The molecule has 2 atom stereocenters. The minimum absolute atomic E-state index is 0.0310. The lowest BCUT2D eigenvalue weighted by molar-refractivity contribution is -0.139. The summed E-state index contributed by atoms with van der Waals surface area (Å²) in [6.07, 6.45) is 0.728. The van der Waals surface area contributed by atoms with E-state index in [0.717, 1.165) is 27.4 Å². The summed E-state index contributed by atoms with van der Waals surface area (Å²) in [5, 5.41) is 2.94. The van der Waals surface area contributed by atoms with E-state index in [1.165, 1.54) is 37.3 Å². The third-order valence-corrected chi connectivity index (χ3v) is 8.93. The molecule has 10 heteroatoms. The van der Waals surface area contributed by atoms with E-state index in [-0.39, 0.29) is 29.1 Å². The van der Waals surface area contributed by atoms with Crippen LogP contribution in [0.2, 0.25) is 0 Å². The maximum Gasteiger partial charge on any atom is 0.264 e. The van der Waals surface area contributed by atoms with Gasteiger partial charge in [-0.05, 0) is 63.9 Å². The number of hydrogen-bond donors (Lipinski definition) is 1. The van der Waals surface area contributed by atoms with Crippen LogP contribution in [0.25, 0.3) is 0 Å². The van der Waals surface area contributed by atoms with E-state index in [4.69, 9.17) is 9.47 Å². The molecule has 0 unspecified atom stereocenters. The van der Waals surface area contributed by atoms with Gasteiger partial charge < -0.3 is 19.7 Å². The summed E-state index contributed by atoms with van der Waals surface area (Å²) in [5.41, 5.74) is 2.94. The number of anilines is 1. The van der Waals surface area contributed by atoms with Gasteiger partial charge in [0.2, 0.25) is 11.8 Å². The Bertz CT molecular complexity index is 1490. The number of hydrogen-bond acceptors (Lipinski definition) is 6. The van der Waals surface area contributed by atoms with E-state index < -0.39 is 28.5 Å². The third-order valence-electron chi connectivity index (χ3n) is 7.15. The van der Waals surface area contributed by atoms with Gasteiger partial charge in [0.05, 0.1) is 24.8 Å². The number of ether oxygens (including phenoxy) is 2. The molecule has 3 aromatic rings. The molecular weight excluding hydrogens is 554 g/mol. The second-order valence-electron chi connectivity index (χ2n) is 10.4. The highest BCUT2D eigenvalue weighted by molar-refractivity contribution is 7.92. The molecule has 0 radical (unpaired) electrons. The van der Waals surface area contributed by atoms with Crippen LogP contribution in [0.4, 0.5) is 5.69 Å². The summed E-state index contributed by atoms with van der Waals surface area (Å²) in [6.45, 7) is 8.90. The predicted molar refractivity (Wildman–Crippen MR) is 164 cm³/mol. The highest BCUT2D eigenvalue weighted by Crippen LogP contribution is 2.34. The van der Waals surface area contributed by atoms with Crippen LogP contribution in [-0.2, 0) is 26.2 Å². The van der Waals surface area contributed by atoms with Gasteiger partial charge in [0.25, 0.3) is 10.0 Å². The van der Waals surface area contributed by atoms with Crippen molar-refractivity contribution >= 4 is 27.5 Å². The number of carbonyl (C=O) groups excluding carboxylic acids is 2. The van der Waals surface area contributed by atoms with Gasteiger partial charge in [0.15, 0.2) is 11.5 Å². The van der Waals surface area contributed by atoms with Crippen molar-refractivity contribution < 1.29 is 27.5 Å². The Morgan fingerprint density at radius 1 is 0.881 bits per heavy atom. The van der Waals surface area contributed by atoms with E-state index in [0.29, 0.717) is 11.5 Å². The van der Waals surface area contributed by atoms with Crippen molar-refractivity contribution in [2.75, 3.05) is 25.1 Å². The number of sulfonamides is 1. The Hall–Kier alpha value is -4.05. The monoisotopic (exact) mass is 595 g/mol. The summed E-state index contributed by atoms with van der Waals surface area (Å²) < 4.78 is 39.9. The van der Waals surface area contributed by atoms with Gasteiger partial charge in [-0.3, -0.25) is 13.9 Å². The van der Waals surface area contributed by atoms with Gasteiger partial charge >= 0.3 is 0 Å². The molecule has 0 saturated heterocycles.